The first-order valence-corrected chi connectivity index (χ1v) is 7.35. The molecule has 5 nitrogen and oxygen atoms in total. The quantitative estimate of drug-likeness (QED) is 0.770. The molecule has 1 N–H and O–H groups in total. The van der Waals surface area contributed by atoms with Crippen molar-refractivity contribution >= 4 is 22.6 Å². The molecule has 0 aliphatic carbocycles. The summed E-state index contributed by atoms with van der Waals surface area (Å²) in [5.41, 5.74) is -0.441. The van der Waals surface area contributed by atoms with Gasteiger partial charge < -0.3 is 14.5 Å². The number of ether oxygens (including phenoxy) is 1. The molecule has 1 aromatic carbocycles. The normalized spacial score (nSPS) is 10.9. The molecule has 0 aliphatic heterocycles. The molecular weight excluding hydrogens is 337 g/mol. The summed E-state index contributed by atoms with van der Waals surface area (Å²) in [7, 11) is 1.40. The zero-order valence-electron chi connectivity index (χ0n) is 13.3. The standard InChI is InChI=1S/C17H13F3N2O3/c1-3-9-6-10-11(7-21-17(24-2)15(10)25-9)16(23)22-14-12(19)4-8(18)5-13(14)20/h4-7H,3H2,1-2H3,(H,22,23). The Bertz CT molecular complexity index is 946. The van der Waals surface area contributed by atoms with Gasteiger partial charge in [0.1, 0.15) is 17.3 Å². The number of nitrogens with zero attached hydrogens (tertiary/aromatic N) is 1. The number of furan rings is 1. The van der Waals surface area contributed by atoms with Crippen LogP contribution in [0.5, 0.6) is 5.88 Å². The van der Waals surface area contributed by atoms with Gasteiger partial charge >= 0.3 is 0 Å². The monoisotopic (exact) mass is 350 g/mol. The van der Waals surface area contributed by atoms with Gasteiger partial charge in [-0.25, -0.2) is 18.2 Å². The molecule has 0 unspecified atom stereocenters. The van der Waals surface area contributed by atoms with Crippen LogP contribution in [0.2, 0.25) is 0 Å². The number of halogens is 3. The van der Waals surface area contributed by atoms with Gasteiger partial charge in [-0.2, -0.15) is 0 Å². The molecule has 0 saturated carbocycles. The molecule has 2 aromatic heterocycles. The van der Waals surface area contributed by atoms with Crippen LogP contribution in [0.4, 0.5) is 18.9 Å². The van der Waals surface area contributed by atoms with E-state index in [2.05, 4.69) is 10.3 Å². The number of aromatic nitrogens is 1. The molecule has 0 fully saturated rings. The Morgan fingerprint density at radius 3 is 2.52 bits per heavy atom. The first-order chi connectivity index (χ1) is 11.9. The number of anilines is 1. The van der Waals surface area contributed by atoms with E-state index < -0.39 is 29.0 Å². The second kappa shape index (κ2) is 6.46. The van der Waals surface area contributed by atoms with Gasteiger partial charge in [-0.1, -0.05) is 6.92 Å². The van der Waals surface area contributed by atoms with Gasteiger partial charge in [0, 0.05) is 30.1 Å². The summed E-state index contributed by atoms with van der Waals surface area (Å²) in [5, 5.41) is 2.49. The van der Waals surface area contributed by atoms with E-state index in [9.17, 15) is 18.0 Å². The number of hydrogen-bond donors (Lipinski definition) is 1. The van der Waals surface area contributed by atoms with E-state index in [0.717, 1.165) is 0 Å². The number of carbonyl (C=O) groups excluding carboxylic acids is 1. The molecule has 1 amide bonds. The van der Waals surface area contributed by atoms with Crippen molar-refractivity contribution in [2.75, 3.05) is 12.4 Å². The summed E-state index contributed by atoms with van der Waals surface area (Å²) in [6.45, 7) is 1.86. The smallest absolute Gasteiger partial charge is 0.258 e. The zero-order chi connectivity index (χ0) is 18.1. The van der Waals surface area contributed by atoms with E-state index in [4.69, 9.17) is 9.15 Å². The van der Waals surface area contributed by atoms with Crippen molar-refractivity contribution in [2.45, 2.75) is 13.3 Å². The fourth-order valence-electron chi connectivity index (χ4n) is 2.40. The number of rotatable bonds is 4. The summed E-state index contributed by atoms with van der Waals surface area (Å²) in [6, 6.07) is 2.59. The summed E-state index contributed by atoms with van der Waals surface area (Å²) in [4.78, 5) is 16.4. The van der Waals surface area contributed by atoms with Crippen LogP contribution in [0.15, 0.2) is 28.8 Å². The SMILES string of the molecule is CCc1cc2c(C(=O)Nc3c(F)cc(F)cc3F)cnc(OC)c2o1. The van der Waals surface area contributed by atoms with Gasteiger partial charge in [-0.05, 0) is 6.07 Å². The third-order valence-electron chi connectivity index (χ3n) is 3.61. The van der Waals surface area contributed by atoms with Crippen molar-refractivity contribution in [3.63, 3.8) is 0 Å². The Morgan fingerprint density at radius 1 is 1.24 bits per heavy atom. The molecule has 0 atom stereocenters. The number of hydrogen-bond acceptors (Lipinski definition) is 4. The van der Waals surface area contributed by atoms with Crippen LogP contribution in [0.3, 0.4) is 0 Å². The maximum atomic E-state index is 13.7. The molecule has 0 spiro atoms. The predicted octanol–water partition coefficient (Wildman–Crippen LogP) is 4.07. The minimum absolute atomic E-state index is 0.0439. The molecule has 3 rings (SSSR count). The van der Waals surface area contributed by atoms with Crippen molar-refractivity contribution in [1.82, 2.24) is 4.98 Å². The lowest BCUT2D eigenvalue weighted by Crippen LogP contribution is -2.15. The molecule has 2 heterocycles. The second-order valence-electron chi connectivity index (χ2n) is 5.19. The summed E-state index contributed by atoms with van der Waals surface area (Å²) in [6.07, 6.45) is 1.78. The lowest BCUT2D eigenvalue weighted by molar-refractivity contribution is 0.102. The number of amides is 1. The summed E-state index contributed by atoms with van der Waals surface area (Å²) in [5.74, 6) is -3.55. The number of methoxy groups -OCH3 is 1. The lowest BCUT2D eigenvalue weighted by Gasteiger charge is -2.09. The van der Waals surface area contributed by atoms with Crippen LogP contribution in [-0.4, -0.2) is 18.0 Å². The fraction of sp³-hybridized carbons (Fsp3) is 0.176. The highest BCUT2D eigenvalue weighted by Crippen LogP contribution is 2.30. The topological polar surface area (TPSA) is 64.4 Å². The van der Waals surface area contributed by atoms with Crippen LogP contribution in [-0.2, 0) is 6.42 Å². The molecule has 0 bridgehead atoms. The number of benzene rings is 1. The maximum Gasteiger partial charge on any atom is 0.258 e. The Kier molecular flexibility index (Phi) is 4.35. The van der Waals surface area contributed by atoms with Crippen molar-refractivity contribution in [1.29, 1.82) is 0 Å². The average molecular weight is 350 g/mol. The van der Waals surface area contributed by atoms with E-state index in [-0.39, 0.29) is 17.0 Å². The van der Waals surface area contributed by atoms with Gasteiger partial charge in [-0.3, -0.25) is 4.79 Å². The summed E-state index contributed by atoms with van der Waals surface area (Å²) >= 11 is 0. The van der Waals surface area contributed by atoms with E-state index in [1.54, 1.807) is 6.07 Å². The average Bonchev–Trinajstić information content (AvgIpc) is 3.01. The van der Waals surface area contributed by atoms with Gasteiger partial charge in [0.05, 0.1) is 12.7 Å². The van der Waals surface area contributed by atoms with Crippen molar-refractivity contribution in [3.8, 4) is 5.88 Å². The highest BCUT2D eigenvalue weighted by molar-refractivity contribution is 6.12. The lowest BCUT2D eigenvalue weighted by atomic mass is 10.1. The van der Waals surface area contributed by atoms with Crippen molar-refractivity contribution in [3.05, 3.63) is 53.2 Å². The Morgan fingerprint density at radius 2 is 1.92 bits per heavy atom. The van der Waals surface area contributed by atoms with E-state index >= 15 is 0 Å². The first kappa shape index (κ1) is 16.8. The molecule has 3 aromatic rings. The van der Waals surface area contributed by atoms with Crippen LogP contribution in [0, 0.1) is 17.5 Å². The predicted molar refractivity (Wildman–Crippen MR) is 84.2 cm³/mol. The van der Waals surface area contributed by atoms with Crippen molar-refractivity contribution in [2.24, 2.45) is 0 Å². The first-order valence-electron chi connectivity index (χ1n) is 7.35. The number of nitrogens with one attached hydrogen (secondary N) is 1. The second-order valence-corrected chi connectivity index (χ2v) is 5.19. The van der Waals surface area contributed by atoms with Gasteiger partial charge in [0.2, 0.25) is 0 Å². The zero-order valence-corrected chi connectivity index (χ0v) is 13.3. The molecule has 0 aliphatic rings. The summed E-state index contributed by atoms with van der Waals surface area (Å²) < 4.78 is 51.1. The minimum Gasteiger partial charge on any atom is -0.478 e. The molecule has 25 heavy (non-hydrogen) atoms. The van der Waals surface area contributed by atoms with Crippen LogP contribution >= 0.6 is 0 Å². The van der Waals surface area contributed by atoms with Crippen LogP contribution < -0.4 is 10.1 Å². The van der Waals surface area contributed by atoms with Gasteiger partial charge in [0.15, 0.2) is 17.2 Å². The Hall–Kier alpha value is -3.03. The third-order valence-corrected chi connectivity index (χ3v) is 3.61. The largest absolute Gasteiger partial charge is 0.478 e. The van der Waals surface area contributed by atoms with E-state index in [1.165, 1.54) is 13.3 Å². The highest BCUT2D eigenvalue weighted by atomic mass is 19.1. The molecular formula is C17H13F3N2O3. The van der Waals surface area contributed by atoms with Gasteiger partial charge in [-0.15, -0.1) is 0 Å². The Labute approximate surface area is 140 Å². The molecule has 0 saturated heterocycles. The third kappa shape index (κ3) is 3.02. The molecule has 130 valence electrons. The fourth-order valence-corrected chi connectivity index (χ4v) is 2.40. The van der Waals surface area contributed by atoms with Crippen LogP contribution in [0.25, 0.3) is 11.0 Å². The van der Waals surface area contributed by atoms with E-state index in [1.807, 2.05) is 6.92 Å². The minimum atomic E-state index is -1.22. The van der Waals surface area contributed by atoms with Gasteiger partial charge in [0.25, 0.3) is 11.8 Å². The number of pyridine rings is 1. The molecule has 0 radical (unpaired) electrons. The Balaban J connectivity index is 2.05. The van der Waals surface area contributed by atoms with Crippen molar-refractivity contribution < 1.29 is 27.1 Å². The highest BCUT2D eigenvalue weighted by Gasteiger charge is 2.21. The molecule has 8 heteroatoms. The number of carbonyl (C=O) groups is 1. The van der Waals surface area contributed by atoms with E-state index in [0.29, 0.717) is 29.7 Å². The number of fused-ring (bicyclic) bond motifs is 1. The van der Waals surface area contributed by atoms with Crippen LogP contribution in [0.1, 0.15) is 23.0 Å². The maximum absolute atomic E-state index is 13.7. The number of aryl methyl sites for hydroxylation is 1.